The van der Waals surface area contributed by atoms with Gasteiger partial charge in [-0.25, -0.2) is 0 Å². The fraction of sp³-hybridized carbons (Fsp3) is 0.214. The molecule has 2 aromatic heterocycles. The van der Waals surface area contributed by atoms with Crippen LogP contribution in [0.3, 0.4) is 0 Å². The van der Waals surface area contributed by atoms with Crippen molar-refractivity contribution in [2.45, 2.75) is 20.3 Å². The summed E-state index contributed by atoms with van der Waals surface area (Å²) in [6.07, 6.45) is 0.825. The van der Waals surface area contributed by atoms with Gasteiger partial charge in [0.25, 0.3) is 0 Å². The molecule has 0 aliphatic heterocycles. The Morgan fingerprint density at radius 2 is 1.89 bits per heavy atom. The molecule has 18 heavy (non-hydrogen) atoms. The first-order chi connectivity index (χ1) is 8.79. The van der Waals surface area contributed by atoms with Crippen molar-refractivity contribution in [3.05, 3.63) is 47.8 Å². The van der Waals surface area contributed by atoms with E-state index in [1.165, 1.54) is 0 Å². The predicted octanol–water partition coefficient (Wildman–Crippen LogP) is 2.66. The van der Waals surface area contributed by atoms with E-state index >= 15 is 0 Å². The second-order valence-corrected chi connectivity index (χ2v) is 4.28. The average molecular weight is 238 g/mol. The summed E-state index contributed by atoms with van der Waals surface area (Å²) in [6.45, 7) is 4.11. The zero-order chi connectivity index (χ0) is 12.5. The van der Waals surface area contributed by atoms with E-state index in [1.54, 1.807) is 0 Å². The SMILES string of the molecule is CCc1nnc2cc(C)c(-c3ccccc3)nn12. The fourth-order valence-electron chi connectivity index (χ4n) is 2.07. The topological polar surface area (TPSA) is 43.1 Å². The van der Waals surface area contributed by atoms with Crippen LogP contribution in [0.2, 0.25) is 0 Å². The summed E-state index contributed by atoms with van der Waals surface area (Å²) in [5, 5.41) is 12.9. The summed E-state index contributed by atoms with van der Waals surface area (Å²) in [5.41, 5.74) is 4.03. The highest BCUT2D eigenvalue weighted by Crippen LogP contribution is 2.21. The van der Waals surface area contributed by atoms with Crippen molar-refractivity contribution >= 4 is 5.65 Å². The molecule has 0 saturated heterocycles. The molecule has 1 aromatic carbocycles. The van der Waals surface area contributed by atoms with Crippen molar-refractivity contribution in [1.29, 1.82) is 0 Å². The largest absolute Gasteiger partial charge is 0.197 e. The molecule has 4 heteroatoms. The number of benzene rings is 1. The second-order valence-electron chi connectivity index (χ2n) is 4.28. The van der Waals surface area contributed by atoms with E-state index in [9.17, 15) is 0 Å². The van der Waals surface area contributed by atoms with Gasteiger partial charge in [0.15, 0.2) is 11.5 Å². The van der Waals surface area contributed by atoms with Gasteiger partial charge in [0.2, 0.25) is 0 Å². The molecular weight excluding hydrogens is 224 g/mol. The first kappa shape index (κ1) is 10.9. The zero-order valence-corrected chi connectivity index (χ0v) is 10.5. The minimum Gasteiger partial charge on any atom is -0.197 e. The van der Waals surface area contributed by atoms with Crippen LogP contribution in [-0.4, -0.2) is 19.8 Å². The normalized spacial score (nSPS) is 11.0. The molecule has 3 aromatic rings. The summed E-state index contributed by atoms with van der Waals surface area (Å²) in [5.74, 6) is 0.891. The van der Waals surface area contributed by atoms with Crippen LogP contribution in [0.4, 0.5) is 0 Å². The molecular formula is C14H14N4. The molecule has 0 unspecified atom stereocenters. The quantitative estimate of drug-likeness (QED) is 0.689. The third-order valence-electron chi connectivity index (χ3n) is 3.01. The van der Waals surface area contributed by atoms with E-state index in [0.29, 0.717) is 0 Å². The first-order valence-corrected chi connectivity index (χ1v) is 6.07. The molecule has 0 radical (unpaired) electrons. The van der Waals surface area contributed by atoms with Crippen LogP contribution >= 0.6 is 0 Å². The maximum atomic E-state index is 4.67. The third-order valence-corrected chi connectivity index (χ3v) is 3.01. The van der Waals surface area contributed by atoms with Gasteiger partial charge in [0, 0.05) is 12.0 Å². The lowest BCUT2D eigenvalue weighted by molar-refractivity contribution is 0.824. The lowest BCUT2D eigenvalue weighted by atomic mass is 10.1. The number of nitrogens with zero attached hydrogens (tertiary/aromatic N) is 4. The van der Waals surface area contributed by atoms with Crippen molar-refractivity contribution in [3.8, 4) is 11.3 Å². The molecule has 0 atom stereocenters. The molecule has 0 amide bonds. The van der Waals surface area contributed by atoms with E-state index < -0.39 is 0 Å². The highest BCUT2D eigenvalue weighted by molar-refractivity contribution is 5.64. The number of hydrogen-bond donors (Lipinski definition) is 0. The number of aromatic nitrogens is 4. The van der Waals surface area contributed by atoms with Crippen molar-refractivity contribution < 1.29 is 0 Å². The van der Waals surface area contributed by atoms with Crippen molar-refractivity contribution in [3.63, 3.8) is 0 Å². The Kier molecular flexibility index (Phi) is 2.55. The van der Waals surface area contributed by atoms with Gasteiger partial charge in [0.1, 0.15) is 0 Å². The number of aryl methyl sites for hydroxylation is 2. The van der Waals surface area contributed by atoms with Gasteiger partial charge in [0.05, 0.1) is 5.69 Å². The molecule has 0 aliphatic carbocycles. The minimum atomic E-state index is 0.809. The summed E-state index contributed by atoms with van der Waals surface area (Å²) < 4.78 is 1.83. The Balaban J connectivity index is 2.26. The average Bonchev–Trinajstić information content (AvgIpc) is 2.80. The van der Waals surface area contributed by atoms with Crippen LogP contribution in [0.1, 0.15) is 18.3 Å². The van der Waals surface area contributed by atoms with Crippen LogP contribution in [0, 0.1) is 6.92 Å². The number of fused-ring (bicyclic) bond motifs is 1. The van der Waals surface area contributed by atoms with E-state index in [1.807, 2.05) is 28.8 Å². The Morgan fingerprint density at radius 1 is 1.11 bits per heavy atom. The number of rotatable bonds is 2. The lowest BCUT2D eigenvalue weighted by Crippen LogP contribution is -2.01. The smallest absolute Gasteiger partial charge is 0.178 e. The molecule has 3 rings (SSSR count). The number of hydrogen-bond acceptors (Lipinski definition) is 3. The molecule has 0 N–H and O–H groups in total. The van der Waals surface area contributed by atoms with Gasteiger partial charge in [-0.3, -0.25) is 0 Å². The fourth-order valence-corrected chi connectivity index (χ4v) is 2.07. The summed E-state index contributed by atoms with van der Waals surface area (Å²) in [7, 11) is 0. The van der Waals surface area contributed by atoms with Crippen LogP contribution in [0.15, 0.2) is 36.4 Å². The Bertz CT molecular complexity index is 686. The van der Waals surface area contributed by atoms with Crippen molar-refractivity contribution in [1.82, 2.24) is 19.8 Å². The molecule has 0 saturated carbocycles. The van der Waals surface area contributed by atoms with Gasteiger partial charge < -0.3 is 0 Å². The monoisotopic (exact) mass is 238 g/mol. The van der Waals surface area contributed by atoms with Crippen molar-refractivity contribution in [2.75, 3.05) is 0 Å². The van der Waals surface area contributed by atoms with Gasteiger partial charge in [-0.1, -0.05) is 37.3 Å². The van der Waals surface area contributed by atoms with Crippen LogP contribution in [0.5, 0.6) is 0 Å². The lowest BCUT2D eigenvalue weighted by Gasteiger charge is -2.06. The van der Waals surface area contributed by atoms with Crippen molar-refractivity contribution in [2.24, 2.45) is 0 Å². The minimum absolute atomic E-state index is 0.809. The van der Waals surface area contributed by atoms with Gasteiger partial charge in [-0.05, 0) is 18.6 Å². The van der Waals surface area contributed by atoms with Gasteiger partial charge >= 0.3 is 0 Å². The Hall–Kier alpha value is -2.23. The second kappa shape index (κ2) is 4.22. The van der Waals surface area contributed by atoms with Gasteiger partial charge in [-0.15, -0.1) is 10.2 Å². The van der Waals surface area contributed by atoms with E-state index in [-0.39, 0.29) is 0 Å². The predicted molar refractivity (Wildman–Crippen MR) is 70.3 cm³/mol. The third kappa shape index (κ3) is 1.66. The summed E-state index contributed by atoms with van der Waals surface area (Å²) in [6, 6.07) is 12.2. The Labute approximate surface area is 105 Å². The van der Waals surface area contributed by atoms with E-state index in [2.05, 4.69) is 41.3 Å². The van der Waals surface area contributed by atoms with E-state index in [4.69, 9.17) is 0 Å². The zero-order valence-electron chi connectivity index (χ0n) is 10.5. The Morgan fingerprint density at radius 3 is 2.61 bits per heavy atom. The van der Waals surface area contributed by atoms with E-state index in [0.717, 1.165) is 34.7 Å². The van der Waals surface area contributed by atoms with Crippen LogP contribution in [0.25, 0.3) is 16.9 Å². The maximum absolute atomic E-state index is 4.67. The molecule has 4 nitrogen and oxygen atoms in total. The first-order valence-electron chi connectivity index (χ1n) is 6.07. The molecule has 0 fully saturated rings. The molecule has 0 aliphatic rings. The highest BCUT2D eigenvalue weighted by atomic mass is 15.4. The summed E-state index contributed by atoms with van der Waals surface area (Å²) >= 11 is 0. The van der Waals surface area contributed by atoms with Crippen LogP contribution < -0.4 is 0 Å². The highest BCUT2D eigenvalue weighted by Gasteiger charge is 2.10. The standard InChI is InChI=1S/C14H14N4/c1-3-12-15-16-13-9-10(2)14(17-18(12)13)11-7-5-4-6-8-11/h4-9H,3H2,1-2H3. The molecule has 90 valence electrons. The molecule has 0 spiro atoms. The molecule has 0 bridgehead atoms. The molecule has 2 heterocycles. The van der Waals surface area contributed by atoms with Gasteiger partial charge in [-0.2, -0.15) is 9.61 Å². The summed E-state index contributed by atoms with van der Waals surface area (Å²) in [4.78, 5) is 0. The maximum Gasteiger partial charge on any atom is 0.178 e. The van der Waals surface area contributed by atoms with Crippen LogP contribution in [-0.2, 0) is 6.42 Å².